The highest BCUT2D eigenvalue weighted by Crippen LogP contribution is 2.10. The Morgan fingerprint density at radius 2 is 1.80 bits per heavy atom. The van der Waals surface area contributed by atoms with Gasteiger partial charge in [-0.2, -0.15) is 0 Å². The molecule has 10 heavy (non-hydrogen) atoms. The summed E-state index contributed by atoms with van der Waals surface area (Å²) in [5.41, 5.74) is 2.51. The van der Waals surface area contributed by atoms with Gasteiger partial charge in [-0.15, -0.1) is 6.58 Å². The Bertz CT molecular complexity index is 120. The normalized spacial score (nSPS) is 9.40. The summed E-state index contributed by atoms with van der Waals surface area (Å²) in [5.74, 6) is 0. The molecule has 0 aromatic rings. The first-order valence-electron chi connectivity index (χ1n) is 3.77. The number of hydrogen-bond donors (Lipinski definition) is 0. The van der Waals surface area contributed by atoms with Crippen molar-refractivity contribution < 1.29 is 0 Å². The van der Waals surface area contributed by atoms with Crippen LogP contribution in [0, 0.1) is 6.92 Å². The topological polar surface area (TPSA) is 0 Å². The fourth-order valence-electron chi connectivity index (χ4n) is 0.765. The fraction of sp³-hybridized carbons (Fsp3) is 0.500. The molecule has 57 valence electrons. The first kappa shape index (κ1) is 9.48. The van der Waals surface area contributed by atoms with Crippen molar-refractivity contribution in [3.05, 3.63) is 31.2 Å². The molecule has 0 nitrogen and oxygen atoms in total. The minimum atomic E-state index is 0.871. The van der Waals surface area contributed by atoms with Crippen molar-refractivity contribution in [3.63, 3.8) is 0 Å². The van der Waals surface area contributed by atoms with Crippen LogP contribution in [0.4, 0.5) is 0 Å². The average Bonchev–Trinajstić information content (AvgIpc) is 1.87. The molecule has 0 rings (SSSR count). The van der Waals surface area contributed by atoms with E-state index in [1.165, 1.54) is 17.6 Å². The maximum absolute atomic E-state index is 3.88. The van der Waals surface area contributed by atoms with Crippen molar-refractivity contribution in [2.24, 2.45) is 0 Å². The van der Waals surface area contributed by atoms with E-state index in [0.29, 0.717) is 0 Å². The van der Waals surface area contributed by atoms with Crippen molar-refractivity contribution in [3.8, 4) is 0 Å². The minimum Gasteiger partial charge on any atom is -0.100 e. The van der Waals surface area contributed by atoms with Gasteiger partial charge in [-0.3, -0.25) is 0 Å². The second-order valence-corrected chi connectivity index (χ2v) is 2.81. The molecule has 0 saturated heterocycles. The summed E-state index contributed by atoms with van der Waals surface area (Å²) in [6.45, 7) is 13.5. The standard InChI is InChI=1S/C10H17/c1-5-10(4)8-6-7-9(2)3/h1-2,4-8H2,3H3. The summed E-state index contributed by atoms with van der Waals surface area (Å²) in [6.07, 6.45) is 4.29. The first-order chi connectivity index (χ1) is 4.66. The summed E-state index contributed by atoms with van der Waals surface area (Å²) in [4.78, 5) is 0. The van der Waals surface area contributed by atoms with Crippen molar-refractivity contribution in [2.45, 2.75) is 32.6 Å². The molecule has 0 aliphatic carbocycles. The van der Waals surface area contributed by atoms with Crippen LogP contribution in [0.25, 0.3) is 0 Å². The SMILES string of the molecule is [CH2]CC(=C)CCCC(=C)C. The van der Waals surface area contributed by atoms with Gasteiger partial charge < -0.3 is 0 Å². The van der Waals surface area contributed by atoms with Crippen molar-refractivity contribution in [1.29, 1.82) is 0 Å². The number of hydrogen-bond acceptors (Lipinski definition) is 0. The Hall–Kier alpha value is -0.520. The third-order valence-electron chi connectivity index (χ3n) is 1.49. The maximum atomic E-state index is 3.88. The molecule has 0 aromatic heterocycles. The molecule has 0 saturated carbocycles. The Balaban J connectivity index is 3.20. The Morgan fingerprint density at radius 3 is 2.20 bits per heavy atom. The van der Waals surface area contributed by atoms with Crippen LogP contribution in [0.15, 0.2) is 24.3 Å². The third-order valence-corrected chi connectivity index (χ3v) is 1.49. The zero-order valence-corrected chi connectivity index (χ0v) is 6.95. The zero-order valence-electron chi connectivity index (χ0n) is 6.95. The van der Waals surface area contributed by atoms with Gasteiger partial charge >= 0.3 is 0 Å². The van der Waals surface area contributed by atoms with E-state index >= 15 is 0 Å². The van der Waals surface area contributed by atoms with E-state index in [4.69, 9.17) is 0 Å². The molecule has 0 bridgehead atoms. The Morgan fingerprint density at radius 1 is 1.20 bits per heavy atom. The minimum absolute atomic E-state index is 0.871. The van der Waals surface area contributed by atoms with Crippen LogP contribution >= 0.6 is 0 Å². The van der Waals surface area contributed by atoms with Gasteiger partial charge in [-0.25, -0.2) is 0 Å². The van der Waals surface area contributed by atoms with Crippen molar-refractivity contribution >= 4 is 0 Å². The molecule has 1 radical (unpaired) electrons. The Kier molecular flexibility index (Phi) is 5.00. The highest BCUT2D eigenvalue weighted by Gasteiger charge is 1.91. The second-order valence-electron chi connectivity index (χ2n) is 2.81. The monoisotopic (exact) mass is 137 g/mol. The number of rotatable bonds is 5. The average molecular weight is 137 g/mol. The molecular formula is C10H17. The smallest absolute Gasteiger partial charge is 0.0320 e. The lowest BCUT2D eigenvalue weighted by Crippen LogP contribution is -1.80. The highest BCUT2D eigenvalue weighted by atomic mass is 14.0. The molecule has 0 unspecified atom stereocenters. The van der Waals surface area contributed by atoms with Crippen LogP contribution in [-0.2, 0) is 0 Å². The molecule has 0 fully saturated rings. The van der Waals surface area contributed by atoms with Crippen molar-refractivity contribution in [2.75, 3.05) is 0 Å². The van der Waals surface area contributed by atoms with Crippen LogP contribution in [-0.4, -0.2) is 0 Å². The van der Waals surface area contributed by atoms with Crippen LogP contribution < -0.4 is 0 Å². The van der Waals surface area contributed by atoms with Gasteiger partial charge in [0, 0.05) is 0 Å². The molecule has 0 aromatic carbocycles. The second kappa shape index (κ2) is 5.28. The summed E-state index contributed by atoms with van der Waals surface area (Å²) >= 11 is 0. The van der Waals surface area contributed by atoms with Crippen LogP contribution in [0.5, 0.6) is 0 Å². The van der Waals surface area contributed by atoms with Crippen LogP contribution in [0.1, 0.15) is 32.6 Å². The molecule has 0 aliphatic rings. The van der Waals surface area contributed by atoms with Gasteiger partial charge in [0.15, 0.2) is 0 Å². The van der Waals surface area contributed by atoms with Gasteiger partial charge in [-0.05, 0) is 39.5 Å². The fourth-order valence-corrected chi connectivity index (χ4v) is 0.765. The quantitative estimate of drug-likeness (QED) is 0.509. The largest absolute Gasteiger partial charge is 0.100 e. The van der Waals surface area contributed by atoms with Gasteiger partial charge in [-0.1, -0.05) is 17.7 Å². The summed E-state index contributed by atoms with van der Waals surface area (Å²) in [5, 5.41) is 0. The van der Waals surface area contributed by atoms with Gasteiger partial charge in [0.1, 0.15) is 0 Å². The van der Waals surface area contributed by atoms with Crippen LogP contribution in [0.2, 0.25) is 0 Å². The third kappa shape index (κ3) is 5.61. The van der Waals surface area contributed by atoms with Crippen molar-refractivity contribution in [1.82, 2.24) is 0 Å². The first-order valence-corrected chi connectivity index (χ1v) is 3.77. The lowest BCUT2D eigenvalue weighted by atomic mass is 10.1. The molecule has 0 atom stereocenters. The lowest BCUT2D eigenvalue weighted by Gasteiger charge is -2.00. The van der Waals surface area contributed by atoms with E-state index in [-0.39, 0.29) is 0 Å². The zero-order chi connectivity index (χ0) is 7.98. The molecule has 0 aliphatic heterocycles. The van der Waals surface area contributed by atoms with E-state index in [0.717, 1.165) is 19.3 Å². The van der Waals surface area contributed by atoms with E-state index in [1.807, 2.05) is 0 Å². The summed E-state index contributed by atoms with van der Waals surface area (Å²) in [6, 6.07) is 0. The Labute approximate surface area is 64.6 Å². The molecule has 0 spiro atoms. The maximum Gasteiger partial charge on any atom is -0.0320 e. The molecule has 0 N–H and O–H groups in total. The van der Waals surface area contributed by atoms with E-state index < -0.39 is 0 Å². The number of allylic oxidation sites excluding steroid dienone is 2. The highest BCUT2D eigenvalue weighted by molar-refractivity contribution is 4.96. The summed E-state index contributed by atoms with van der Waals surface area (Å²) in [7, 11) is 0. The van der Waals surface area contributed by atoms with Gasteiger partial charge in [0.05, 0.1) is 0 Å². The van der Waals surface area contributed by atoms with E-state index in [9.17, 15) is 0 Å². The van der Waals surface area contributed by atoms with E-state index in [2.05, 4.69) is 27.0 Å². The van der Waals surface area contributed by atoms with E-state index in [1.54, 1.807) is 0 Å². The van der Waals surface area contributed by atoms with Gasteiger partial charge in [0.25, 0.3) is 0 Å². The van der Waals surface area contributed by atoms with Crippen LogP contribution in [0.3, 0.4) is 0 Å². The molecule has 0 amide bonds. The molecule has 0 heteroatoms. The summed E-state index contributed by atoms with van der Waals surface area (Å²) < 4.78 is 0. The lowest BCUT2D eigenvalue weighted by molar-refractivity contribution is 0.794. The molecular weight excluding hydrogens is 120 g/mol. The predicted molar refractivity (Wildman–Crippen MR) is 47.8 cm³/mol. The predicted octanol–water partition coefficient (Wildman–Crippen LogP) is 3.51. The molecule has 0 heterocycles. The van der Waals surface area contributed by atoms with Gasteiger partial charge in [0.2, 0.25) is 0 Å².